The van der Waals surface area contributed by atoms with Crippen LogP contribution in [0.3, 0.4) is 0 Å². The fraction of sp³-hybridized carbons (Fsp3) is 0.486. The third-order valence-electron chi connectivity index (χ3n) is 7.59. The van der Waals surface area contributed by atoms with E-state index in [4.69, 9.17) is 9.26 Å². The minimum absolute atomic E-state index is 0.0150. The van der Waals surface area contributed by atoms with E-state index in [9.17, 15) is 38.2 Å². The number of esters is 1. The number of rotatable bonds is 19. The normalized spacial score (nSPS) is 15.6. The van der Waals surface area contributed by atoms with Crippen molar-refractivity contribution in [3.05, 3.63) is 71.8 Å². The lowest BCUT2D eigenvalue weighted by atomic mass is 10.1. The standard InChI is InChI=1S/C35H50N5O11P/c1-21(2)18-29(40-32(43)23(4)36-31(42)24(5)39-35(46)50-20-27-16-12-9-13-17-27)52(47,48)51-28(19-26-14-10-8-11-15-26)33(44)37-22(3)30(41)38-25(6)34(45)49-7/h8-17,21-25,28-29H,18-20H2,1-7H3,(H,36,42)(H,37,44)(H,38,41)(H,39,46)(H,40,43)(H,47,48)/t22-,23-,24-,25-,28-,29+/m0/s1. The van der Waals surface area contributed by atoms with E-state index in [-0.39, 0.29) is 25.4 Å². The number of hydrogen-bond donors (Lipinski definition) is 6. The minimum atomic E-state index is -4.85. The van der Waals surface area contributed by atoms with E-state index in [1.165, 1.54) is 27.7 Å². The second-order valence-corrected chi connectivity index (χ2v) is 14.6. The fourth-order valence-corrected chi connectivity index (χ4v) is 6.29. The van der Waals surface area contributed by atoms with Crippen molar-refractivity contribution in [1.29, 1.82) is 0 Å². The summed E-state index contributed by atoms with van der Waals surface area (Å²) < 4.78 is 29.2. The van der Waals surface area contributed by atoms with Crippen molar-refractivity contribution in [2.45, 2.75) is 97.0 Å². The predicted molar refractivity (Wildman–Crippen MR) is 190 cm³/mol. The molecule has 7 atom stereocenters. The lowest BCUT2D eigenvalue weighted by molar-refractivity contribution is -0.144. The summed E-state index contributed by atoms with van der Waals surface area (Å²) in [7, 11) is -3.69. The molecule has 0 aliphatic heterocycles. The molecule has 0 aliphatic rings. The zero-order chi connectivity index (χ0) is 39.0. The maximum absolute atomic E-state index is 13.9. The van der Waals surface area contributed by atoms with Gasteiger partial charge in [-0.1, -0.05) is 74.5 Å². The van der Waals surface area contributed by atoms with Gasteiger partial charge in [0.15, 0.2) is 0 Å². The molecule has 0 fully saturated rings. The lowest BCUT2D eigenvalue weighted by Gasteiger charge is -2.30. The number of nitrogens with one attached hydrogen (secondary N) is 5. The van der Waals surface area contributed by atoms with Crippen LogP contribution in [0.25, 0.3) is 0 Å². The highest BCUT2D eigenvalue weighted by atomic mass is 31.2. The van der Waals surface area contributed by atoms with Gasteiger partial charge in [-0.2, -0.15) is 0 Å². The number of amides is 5. The van der Waals surface area contributed by atoms with Gasteiger partial charge < -0.3 is 41.0 Å². The lowest BCUT2D eigenvalue weighted by Crippen LogP contribution is -2.53. The van der Waals surface area contributed by atoms with Crippen LogP contribution in [-0.2, 0) is 55.6 Å². The number of alkyl carbamates (subject to hydrolysis) is 1. The molecule has 2 aromatic carbocycles. The van der Waals surface area contributed by atoms with Crippen molar-refractivity contribution in [3.8, 4) is 0 Å². The largest absolute Gasteiger partial charge is 0.467 e. The van der Waals surface area contributed by atoms with Crippen LogP contribution in [0.2, 0.25) is 0 Å². The maximum atomic E-state index is 13.9. The Morgan fingerprint density at radius 3 is 1.63 bits per heavy atom. The Morgan fingerprint density at radius 2 is 1.12 bits per heavy atom. The summed E-state index contributed by atoms with van der Waals surface area (Å²) >= 11 is 0. The van der Waals surface area contributed by atoms with E-state index < -0.39 is 79.3 Å². The molecule has 0 saturated carbocycles. The fourth-order valence-electron chi connectivity index (χ4n) is 4.63. The SMILES string of the molecule is COC(=O)[C@H](C)NC(=O)[C@H](C)NC(=O)[C@H](Cc1ccccc1)OP(=O)(O)[C@H](CC(C)C)NC(=O)[C@H](C)NC(=O)[C@H](C)NC(=O)OCc1ccccc1. The Balaban J connectivity index is 2.13. The molecule has 52 heavy (non-hydrogen) atoms. The van der Waals surface area contributed by atoms with Crippen molar-refractivity contribution in [1.82, 2.24) is 26.6 Å². The molecule has 5 amide bonds. The van der Waals surface area contributed by atoms with Crippen LogP contribution in [0.5, 0.6) is 0 Å². The molecule has 0 radical (unpaired) electrons. The highest BCUT2D eigenvalue weighted by Crippen LogP contribution is 2.50. The smallest absolute Gasteiger partial charge is 0.408 e. The van der Waals surface area contributed by atoms with Crippen LogP contribution in [0, 0.1) is 5.92 Å². The van der Waals surface area contributed by atoms with Crippen LogP contribution in [0.15, 0.2) is 60.7 Å². The van der Waals surface area contributed by atoms with Crippen molar-refractivity contribution in [3.63, 3.8) is 0 Å². The minimum Gasteiger partial charge on any atom is -0.467 e. The Hall–Kier alpha value is -4.79. The number of carbonyl (C=O) groups is 6. The third-order valence-corrected chi connectivity index (χ3v) is 9.27. The first kappa shape index (κ1) is 43.4. The van der Waals surface area contributed by atoms with Crippen LogP contribution in [-0.4, -0.2) is 83.7 Å². The second-order valence-electron chi connectivity index (χ2n) is 12.6. The Bertz CT molecular complexity index is 1560. The van der Waals surface area contributed by atoms with E-state index >= 15 is 0 Å². The van der Waals surface area contributed by atoms with Gasteiger partial charge >= 0.3 is 19.7 Å². The first-order valence-electron chi connectivity index (χ1n) is 16.7. The van der Waals surface area contributed by atoms with Gasteiger partial charge in [-0.15, -0.1) is 0 Å². The van der Waals surface area contributed by atoms with Gasteiger partial charge in [0, 0.05) is 6.42 Å². The Labute approximate surface area is 303 Å². The molecule has 2 aromatic rings. The molecule has 16 nitrogen and oxygen atoms in total. The molecule has 17 heteroatoms. The zero-order valence-electron chi connectivity index (χ0n) is 30.4. The van der Waals surface area contributed by atoms with Gasteiger partial charge in [0.25, 0.3) is 5.91 Å². The van der Waals surface area contributed by atoms with E-state index in [0.29, 0.717) is 5.56 Å². The van der Waals surface area contributed by atoms with E-state index in [1.807, 2.05) is 6.07 Å². The van der Waals surface area contributed by atoms with Gasteiger partial charge in [-0.3, -0.25) is 28.3 Å². The highest BCUT2D eigenvalue weighted by Gasteiger charge is 2.40. The molecule has 286 valence electrons. The summed E-state index contributed by atoms with van der Waals surface area (Å²) in [6, 6.07) is 12.9. The van der Waals surface area contributed by atoms with E-state index in [1.54, 1.807) is 68.4 Å². The first-order valence-corrected chi connectivity index (χ1v) is 18.4. The maximum Gasteiger partial charge on any atom is 0.408 e. The van der Waals surface area contributed by atoms with Gasteiger partial charge in [0.1, 0.15) is 42.7 Å². The molecule has 0 spiro atoms. The Kier molecular flexibility index (Phi) is 17.4. The summed E-state index contributed by atoms with van der Waals surface area (Å²) in [5, 5.41) is 12.2. The number of ether oxygens (including phenoxy) is 2. The zero-order valence-corrected chi connectivity index (χ0v) is 31.3. The summed E-state index contributed by atoms with van der Waals surface area (Å²) in [6.45, 7) is 8.98. The average Bonchev–Trinajstić information content (AvgIpc) is 3.10. The molecule has 6 N–H and O–H groups in total. The molecule has 0 heterocycles. The van der Waals surface area contributed by atoms with E-state index in [0.717, 1.165) is 12.7 Å². The summed E-state index contributed by atoms with van der Waals surface area (Å²) in [5.74, 6) is -5.59. The number of hydrogen-bond acceptors (Lipinski definition) is 10. The monoisotopic (exact) mass is 747 g/mol. The van der Waals surface area contributed by atoms with Gasteiger partial charge in [-0.05, 0) is 51.2 Å². The number of benzene rings is 2. The van der Waals surface area contributed by atoms with Crippen LogP contribution in [0.4, 0.5) is 4.79 Å². The third kappa shape index (κ3) is 14.8. The molecule has 0 bridgehead atoms. The van der Waals surface area contributed by atoms with E-state index in [2.05, 4.69) is 31.3 Å². The molecular formula is C35H50N5O11P. The average molecular weight is 748 g/mol. The highest BCUT2D eigenvalue weighted by molar-refractivity contribution is 7.53. The topological polar surface area (TPSA) is 228 Å². The van der Waals surface area contributed by atoms with Crippen LogP contribution in [0.1, 0.15) is 59.1 Å². The van der Waals surface area contributed by atoms with Crippen LogP contribution >= 0.6 is 7.60 Å². The first-order chi connectivity index (χ1) is 24.4. The molecule has 2 rings (SSSR count). The molecular weight excluding hydrogens is 697 g/mol. The molecule has 0 aromatic heterocycles. The van der Waals surface area contributed by atoms with Gasteiger partial charge in [0.05, 0.1) is 7.11 Å². The molecule has 1 unspecified atom stereocenters. The quantitative estimate of drug-likeness (QED) is 0.0903. The molecule has 0 saturated heterocycles. The summed E-state index contributed by atoms with van der Waals surface area (Å²) in [6.07, 6.45) is -2.66. The van der Waals surface area contributed by atoms with Crippen molar-refractivity contribution in [2.75, 3.05) is 7.11 Å². The summed E-state index contributed by atoms with van der Waals surface area (Å²) in [5.41, 5.74) is 1.32. The van der Waals surface area contributed by atoms with Crippen molar-refractivity contribution >= 4 is 43.3 Å². The van der Waals surface area contributed by atoms with Crippen LogP contribution < -0.4 is 26.6 Å². The summed E-state index contributed by atoms with van der Waals surface area (Å²) in [4.78, 5) is 87.3. The Morgan fingerprint density at radius 1 is 0.654 bits per heavy atom. The van der Waals surface area contributed by atoms with Gasteiger partial charge in [-0.25, -0.2) is 9.59 Å². The number of carbonyl (C=O) groups excluding carboxylic acids is 6. The predicted octanol–water partition coefficient (Wildman–Crippen LogP) is 2.29. The van der Waals surface area contributed by atoms with Gasteiger partial charge in [0.2, 0.25) is 17.7 Å². The second kappa shape index (κ2) is 20.9. The molecule has 0 aliphatic carbocycles. The van der Waals surface area contributed by atoms with Crippen molar-refractivity contribution < 1.29 is 52.2 Å². The van der Waals surface area contributed by atoms with Crippen molar-refractivity contribution in [2.24, 2.45) is 5.92 Å². The number of methoxy groups -OCH3 is 1.